The van der Waals surface area contributed by atoms with Crippen molar-refractivity contribution in [1.82, 2.24) is 4.98 Å². The Hall–Kier alpha value is -1.09. The summed E-state index contributed by atoms with van der Waals surface area (Å²) in [4.78, 5) is 16.9. The SMILES string of the molecule is CSC1=C(C)Cc2ccc(C(C)=O)nc21. The molecule has 0 saturated carbocycles. The average molecular weight is 219 g/mol. The monoisotopic (exact) mass is 219 g/mol. The first-order valence-corrected chi connectivity index (χ1v) is 6.11. The topological polar surface area (TPSA) is 30.0 Å². The number of fused-ring (bicyclic) bond motifs is 1. The highest BCUT2D eigenvalue weighted by molar-refractivity contribution is 8.07. The average Bonchev–Trinajstić information content (AvgIpc) is 2.51. The van der Waals surface area contributed by atoms with Crippen LogP contribution < -0.4 is 0 Å². The lowest BCUT2D eigenvalue weighted by Crippen LogP contribution is -1.99. The molecule has 0 N–H and O–H groups in total. The van der Waals surface area contributed by atoms with Crippen molar-refractivity contribution in [1.29, 1.82) is 0 Å². The summed E-state index contributed by atoms with van der Waals surface area (Å²) in [6.45, 7) is 3.68. The first-order valence-electron chi connectivity index (χ1n) is 4.88. The molecule has 0 aliphatic heterocycles. The highest BCUT2D eigenvalue weighted by Crippen LogP contribution is 2.37. The van der Waals surface area contributed by atoms with Gasteiger partial charge in [0.15, 0.2) is 5.78 Å². The lowest BCUT2D eigenvalue weighted by Gasteiger charge is -2.03. The summed E-state index contributed by atoms with van der Waals surface area (Å²) in [5, 5.41) is 0. The number of allylic oxidation sites excluding steroid dienone is 1. The largest absolute Gasteiger partial charge is 0.293 e. The molecule has 15 heavy (non-hydrogen) atoms. The number of ketones is 1. The van der Waals surface area contributed by atoms with Gasteiger partial charge in [-0.25, -0.2) is 4.98 Å². The first-order chi connectivity index (χ1) is 7.13. The van der Waals surface area contributed by atoms with Gasteiger partial charge >= 0.3 is 0 Å². The van der Waals surface area contributed by atoms with Crippen molar-refractivity contribution in [2.75, 3.05) is 6.26 Å². The van der Waals surface area contributed by atoms with Gasteiger partial charge in [0.1, 0.15) is 5.69 Å². The van der Waals surface area contributed by atoms with Crippen LogP contribution in [0.5, 0.6) is 0 Å². The van der Waals surface area contributed by atoms with Crippen molar-refractivity contribution in [2.24, 2.45) is 0 Å². The Kier molecular flexibility index (Phi) is 2.65. The van der Waals surface area contributed by atoms with Gasteiger partial charge in [-0.3, -0.25) is 4.79 Å². The number of hydrogen-bond acceptors (Lipinski definition) is 3. The van der Waals surface area contributed by atoms with E-state index < -0.39 is 0 Å². The minimum absolute atomic E-state index is 0.0304. The van der Waals surface area contributed by atoms with Gasteiger partial charge in [0.2, 0.25) is 0 Å². The Morgan fingerprint density at radius 3 is 2.80 bits per heavy atom. The third kappa shape index (κ3) is 1.72. The van der Waals surface area contributed by atoms with Gasteiger partial charge < -0.3 is 0 Å². The molecule has 2 nitrogen and oxygen atoms in total. The van der Waals surface area contributed by atoms with Crippen LogP contribution in [0.25, 0.3) is 4.91 Å². The number of rotatable bonds is 2. The molecular weight excluding hydrogens is 206 g/mol. The summed E-state index contributed by atoms with van der Waals surface area (Å²) >= 11 is 1.71. The number of pyridine rings is 1. The van der Waals surface area contributed by atoms with Crippen LogP contribution in [0.3, 0.4) is 0 Å². The number of hydrogen-bond donors (Lipinski definition) is 0. The number of thioether (sulfide) groups is 1. The lowest BCUT2D eigenvalue weighted by molar-refractivity contribution is 0.101. The smallest absolute Gasteiger partial charge is 0.178 e. The number of Topliss-reactive ketones (excluding diaryl/α,β-unsaturated/α-hetero) is 1. The molecule has 1 aromatic heterocycles. The number of nitrogens with zero attached hydrogens (tertiary/aromatic N) is 1. The van der Waals surface area contributed by atoms with Crippen LogP contribution in [0.4, 0.5) is 0 Å². The van der Waals surface area contributed by atoms with Gasteiger partial charge in [-0.05, 0) is 31.2 Å². The predicted octanol–water partition coefficient (Wildman–Crippen LogP) is 2.93. The van der Waals surface area contributed by atoms with Gasteiger partial charge in [0.05, 0.1) is 5.69 Å². The van der Waals surface area contributed by atoms with Gasteiger partial charge in [0.25, 0.3) is 0 Å². The van der Waals surface area contributed by atoms with Crippen LogP contribution in [-0.4, -0.2) is 17.0 Å². The van der Waals surface area contributed by atoms with E-state index in [0.29, 0.717) is 5.69 Å². The fourth-order valence-corrected chi connectivity index (χ4v) is 2.65. The van der Waals surface area contributed by atoms with Crippen molar-refractivity contribution in [3.05, 3.63) is 34.7 Å². The number of aromatic nitrogens is 1. The van der Waals surface area contributed by atoms with Gasteiger partial charge in [0, 0.05) is 11.8 Å². The molecule has 0 fully saturated rings. The summed E-state index contributed by atoms with van der Waals surface area (Å²) in [7, 11) is 0. The van der Waals surface area contributed by atoms with E-state index in [0.717, 1.165) is 12.1 Å². The zero-order valence-corrected chi connectivity index (χ0v) is 9.94. The molecule has 1 aliphatic rings. The van der Waals surface area contributed by atoms with Crippen LogP contribution in [0, 0.1) is 0 Å². The number of carbonyl (C=O) groups is 1. The highest BCUT2D eigenvalue weighted by atomic mass is 32.2. The summed E-state index contributed by atoms with van der Waals surface area (Å²) in [5.41, 5.74) is 4.16. The molecule has 0 spiro atoms. The van der Waals surface area contributed by atoms with E-state index in [1.165, 1.54) is 16.0 Å². The second kappa shape index (κ2) is 3.81. The third-order valence-electron chi connectivity index (χ3n) is 2.60. The van der Waals surface area contributed by atoms with Crippen molar-refractivity contribution in [2.45, 2.75) is 20.3 Å². The van der Waals surface area contributed by atoms with E-state index in [-0.39, 0.29) is 5.78 Å². The molecule has 78 valence electrons. The molecular formula is C12H13NOS. The Morgan fingerprint density at radius 2 is 2.20 bits per heavy atom. The quantitative estimate of drug-likeness (QED) is 0.716. The second-order valence-electron chi connectivity index (χ2n) is 3.75. The fraction of sp³-hybridized carbons (Fsp3) is 0.333. The zero-order valence-electron chi connectivity index (χ0n) is 9.13. The molecule has 1 heterocycles. The maximum atomic E-state index is 11.2. The summed E-state index contributed by atoms with van der Waals surface area (Å²) in [5.74, 6) is 0.0304. The number of carbonyl (C=O) groups excluding carboxylic acids is 1. The molecule has 1 aliphatic carbocycles. The van der Waals surface area contributed by atoms with Crippen LogP contribution in [-0.2, 0) is 6.42 Å². The van der Waals surface area contributed by atoms with E-state index in [4.69, 9.17) is 0 Å². The predicted molar refractivity (Wildman–Crippen MR) is 64.1 cm³/mol. The Labute approximate surface area is 93.8 Å². The summed E-state index contributed by atoms with van der Waals surface area (Å²) in [6, 6.07) is 3.84. The summed E-state index contributed by atoms with van der Waals surface area (Å²) in [6.07, 6.45) is 3.02. The van der Waals surface area contributed by atoms with E-state index in [1.807, 2.05) is 12.1 Å². The maximum absolute atomic E-state index is 11.2. The fourth-order valence-electron chi connectivity index (χ4n) is 1.86. The highest BCUT2D eigenvalue weighted by Gasteiger charge is 2.20. The summed E-state index contributed by atoms with van der Waals surface area (Å²) < 4.78 is 0. The molecule has 0 saturated heterocycles. The van der Waals surface area contributed by atoms with Crippen molar-refractivity contribution in [3.8, 4) is 0 Å². The van der Waals surface area contributed by atoms with Crippen molar-refractivity contribution in [3.63, 3.8) is 0 Å². The molecule has 3 heteroatoms. The third-order valence-corrected chi connectivity index (χ3v) is 3.55. The Balaban J connectivity index is 2.53. The van der Waals surface area contributed by atoms with Crippen molar-refractivity contribution < 1.29 is 4.79 Å². The Morgan fingerprint density at radius 1 is 1.47 bits per heavy atom. The van der Waals surface area contributed by atoms with Crippen LogP contribution >= 0.6 is 11.8 Å². The first kappa shape index (κ1) is 10.4. The van der Waals surface area contributed by atoms with E-state index in [1.54, 1.807) is 18.7 Å². The molecule has 0 bridgehead atoms. The minimum atomic E-state index is 0.0304. The van der Waals surface area contributed by atoms with E-state index >= 15 is 0 Å². The van der Waals surface area contributed by atoms with Gasteiger partial charge in [-0.15, -0.1) is 11.8 Å². The molecule has 0 amide bonds. The molecule has 0 unspecified atom stereocenters. The molecule has 0 atom stereocenters. The normalized spacial score (nSPS) is 14.3. The molecule has 2 rings (SSSR count). The van der Waals surface area contributed by atoms with Gasteiger partial charge in [-0.2, -0.15) is 0 Å². The standard InChI is InChI=1S/C12H13NOS/c1-7-6-9-4-5-10(8(2)14)13-11(9)12(7)15-3/h4-5H,6H2,1-3H3. The van der Waals surface area contributed by atoms with Crippen LogP contribution in [0.1, 0.15) is 35.6 Å². The van der Waals surface area contributed by atoms with Crippen LogP contribution in [0.15, 0.2) is 17.7 Å². The lowest BCUT2D eigenvalue weighted by atomic mass is 10.1. The second-order valence-corrected chi connectivity index (χ2v) is 4.57. The van der Waals surface area contributed by atoms with E-state index in [9.17, 15) is 4.79 Å². The zero-order chi connectivity index (χ0) is 11.0. The minimum Gasteiger partial charge on any atom is -0.293 e. The van der Waals surface area contributed by atoms with Crippen LogP contribution in [0.2, 0.25) is 0 Å². The maximum Gasteiger partial charge on any atom is 0.178 e. The van der Waals surface area contributed by atoms with E-state index in [2.05, 4.69) is 18.2 Å². The Bertz CT molecular complexity index is 463. The van der Waals surface area contributed by atoms with Crippen molar-refractivity contribution >= 4 is 22.5 Å². The van der Waals surface area contributed by atoms with Gasteiger partial charge in [-0.1, -0.05) is 11.6 Å². The molecule has 0 aromatic carbocycles. The molecule has 1 aromatic rings. The molecule has 0 radical (unpaired) electrons.